The van der Waals surface area contributed by atoms with Gasteiger partial charge in [-0.1, -0.05) is 12.1 Å². The summed E-state index contributed by atoms with van der Waals surface area (Å²) in [6, 6.07) is 7.39. The Kier molecular flexibility index (Phi) is 4.88. The topological polar surface area (TPSA) is 67.2 Å². The minimum absolute atomic E-state index is 0.0262. The summed E-state index contributed by atoms with van der Waals surface area (Å²) < 4.78 is 1.78. The largest absolute Gasteiger partial charge is 0.351 e. The maximum absolute atomic E-state index is 12.6. The van der Waals surface area contributed by atoms with Gasteiger partial charge >= 0.3 is 0 Å². The highest BCUT2D eigenvalue weighted by Crippen LogP contribution is 2.30. The van der Waals surface area contributed by atoms with Gasteiger partial charge in [-0.2, -0.15) is 5.10 Å². The van der Waals surface area contributed by atoms with Crippen molar-refractivity contribution in [2.45, 2.75) is 31.7 Å². The predicted molar refractivity (Wildman–Crippen MR) is 95.2 cm³/mol. The van der Waals surface area contributed by atoms with Gasteiger partial charge in [-0.15, -0.1) is 0 Å². The number of hydrogen-bond acceptors (Lipinski definition) is 3. The summed E-state index contributed by atoms with van der Waals surface area (Å²) in [5, 5.41) is 7.46. The molecule has 0 radical (unpaired) electrons. The van der Waals surface area contributed by atoms with Crippen molar-refractivity contribution in [3.8, 4) is 0 Å². The molecule has 1 unspecified atom stereocenters. The van der Waals surface area contributed by atoms with Gasteiger partial charge < -0.3 is 10.2 Å². The minimum Gasteiger partial charge on any atom is -0.351 e. The van der Waals surface area contributed by atoms with E-state index in [2.05, 4.69) is 10.4 Å². The zero-order valence-electron chi connectivity index (χ0n) is 15.0. The molecule has 0 saturated heterocycles. The Hall–Kier alpha value is -2.63. The van der Waals surface area contributed by atoms with Crippen LogP contribution in [-0.2, 0) is 24.8 Å². The lowest BCUT2D eigenvalue weighted by atomic mass is 9.86. The van der Waals surface area contributed by atoms with Gasteiger partial charge in [-0.05, 0) is 37.0 Å². The molecule has 1 aromatic carbocycles. The number of benzene rings is 1. The Morgan fingerprint density at radius 3 is 2.92 bits per heavy atom. The fourth-order valence-corrected chi connectivity index (χ4v) is 3.32. The van der Waals surface area contributed by atoms with Crippen molar-refractivity contribution in [2.75, 3.05) is 14.1 Å². The second kappa shape index (κ2) is 7.09. The van der Waals surface area contributed by atoms with E-state index in [1.54, 1.807) is 29.7 Å². The van der Waals surface area contributed by atoms with Crippen LogP contribution in [0.25, 0.3) is 0 Å². The number of nitrogens with one attached hydrogen (secondary N) is 1. The molecule has 1 N–H and O–H groups in total. The molecule has 132 valence electrons. The molecule has 0 bridgehead atoms. The van der Waals surface area contributed by atoms with Crippen LogP contribution in [-0.4, -0.2) is 40.6 Å². The fourth-order valence-electron chi connectivity index (χ4n) is 3.32. The summed E-state index contributed by atoms with van der Waals surface area (Å²) in [4.78, 5) is 26.2. The van der Waals surface area contributed by atoms with Crippen molar-refractivity contribution in [1.29, 1.82) is 0 Å². The number of aryl methyl sites for hydroxylation is 2. The van der Waals surface area contributed by atoms with E-state index >= 15 is 0 Å². The zero-order chi connectivity index (χ0) is 18.0. The lowest BCUT2D eigenvalue weighted by molar-refractivity contribution is -0.123. The van der Waals surface area contributed by atoms with Crippen LogP contribution in [0.1, 0.15) is 45.9 Å². The molecule has 1 heterocycles. The summed E-state index contributed by atoms with van der Waals surface area (Å²) in [5.74, 6) is -0.150. The molecule has 0 spiro atoms. The van der Waals surface area contributed by atoms with E-state index in [0.29, 0.717) is 12.1 Å². The van der Waals surface area contributed by atoms with Gasteiger partial charge in [0.05, 0.1) is 11.6 Å². The van der Waals surface area contributed by atoms with E-state index in [1.165, 1.54) is 0 Å². The number of nitrogens with zero attached hydrogens (tertiary/aromatic N) is 3. The molecule has 1 aliphatic rings. The van der Waals surface area contributed by atoms with Crippen molar-refractivity contribution in [2.24, 2.45) is 7.05 Å². The molecule has 25 heavy (non-hydrogen) atoms. The molecular formula is C19H24N4O2. The van der Waals surface area contributed by atoms with Crippen LogP contribution < -0.4 is 5.32 Å². The lowest BCUT2D eigenvalue weighted by Crippen LogP contribution is -2.30. The van der Waals surface area contributed by atoms with Crippen molar-refractivity contribution in [3.05, 3.63) is 52.8 Å². The van der Waals surface area contributed by atoms with E-state index in [-0.39, 0.29) is 17.7 Å². The first-order valence-electron chi connectivity index (χ1n) is 8.56. The van der Waals surface area contributed by atoms with Crippen molar-refractivity contribution in [3.63, 3.8) is 0 Å². The Balaban J connectivity index is 1.67. The van der Waals surface area contributed by atoms with Crippen LogP contribution in [0.3, 0.4) is 0 Å². The monoisotopic (exact) mass is 340 g/mol. The summed E-state index contributed by atoms with van der Waals surface area (Å²) in [6.07, 6.45) is 4.72. The van der Waals surface area contributed by atoms with E-state index in [9.17, 15) is 9.59 Å². The SMILES string of the molecule is CN(C)C(=O)c1cccc(CNC(=O)C2CCCc3nn(C)cc32)c1. The molecule has 2 aromatic rings. The average molecular weight is 340 g/mol. The number of carbonyl (C=O) groups excluding carboxylic acids is 2. The van der Waals surface area contributed by atoms with Gasteiger partial charge in [0.15, 0.2) is 0 Å². The smallest absolute Gasteiger partial charge is 0.253 e. The molecule has 0 saturated carbocycles. The number of hydrogen-bond donors (Lipinski definition) is 1. The number of amides is 2. The number of fused-ring (bicyclic) bond motifs is 1. The molecule has 6 nitrogen and oxygen atoms in total. The van der Waals surface area contributed by atoms with Crippen LogP contribution in [0, 0.1) is 0 Å². The van der Waals surface area contributed by atoms with Crippen LogP contribution in [0.4, 0.5) is 0 Å². The molecule has 1 atom stereocenters. The lowest BCUT2D eigenvalue weighted by Gasteiger charge is -2.21. The quantitative estimate of drug-likeness (QED) is 0.924. The minimum atomic E-state index is -0.135. The van der Waals surface area contributed by atoms with Gasteiger partial charge in [0.2, 0.25) is 5.91 Å². The summed E-state index contributed by atoms with van der Waals surface area (Å²) in [5.41, 5.74) is 3.63. The van der Waals surface area contributed by atoms with E-state index < -0.39 is 0 Å². The predicted octanol–water partition coefficient (Wildman–Crippen LogP) is 1.86. The normalized spacial score (nSPS) is 16.2. The molecular weight excluding hydrogens is 316 g/mol. The Morgan fingerprint density at radius 2 is 2.16 bits per heavy atom. The second-order valence-electron chi connectivity index (χ2n) is 6.77. The van der Waals surface area contributed by atoms with Crippen LogP contribution in [0.15, 0.2) is 30.5 Å². The van der Waals surface area contributed by atoms with Crippen LogP contribution >= 0.6 is 0 Å². The molecule has 0 aliphatic heterocycles. The number of aromatic nitrogens is 2. The first kappa shape index (κ1) is 17.2. The van der Waals surface area contributed by atoms with Gasteiger partial charge in [-0.3, -0.25) is 14.3 Å². The molecule has 6 heteroatoms. The number of rotatable bonds is 4. The highest BCUT2D eigenvalue weighted by molar-refractivity contribution is 5.94. The maximum atomic E-state index is 12.6. The molecule has 2 amide bonds. The zero-order valence-corrected chi connectivity index (χ0v) is 15.0. The fraction of sp³-hybridized carbons (Fsp3) is 0.421. The Bertz CT molecular complexity index is 794. The van der Waals surface area contributed by atoms with Crippen molar-refractivity contribution < 1.29 is 9.59 Å². The third-order valence-electron chi connectivity index (χ3n) is 4.58. The molecule has 1 aromatic heterocycles. The maximum Gasteiger partial charge on any atom is 0.253 e. The average Bonchev–Trinajstić information content (AvgIpc) is 2.99. The molecule has 3 rings (SSSR count). The van der Waals surface area contributed by atoms with Gasteiger partial charge in [0.25, 0.3) is 5.91 Å². The van der Waals surface area contributed by atoms with Crippen LogP contribution in [0.2, 0.25) is 0 Å². The molecule has 0 fully saturated rings. The molecule has 1 aliphatic carbocycles. The third kappa shape index (κ3) is 3.73. The van der Waals surface area contributed by atoms with E-state index in [1.807, 2.05) is 31.4 Å². The van der Waals surface area contributed by atoms with Gasteiger partial charge in [0, 0.05) is 45.0 Å². The number of carbonyl (C=O) groups is 2. The van der Waals surface area contributed by atoms with Gasteiger partial charge in [-0.25, -0.2) is 0 Å². The van der Waals surface area contributed by atoms with E-state index in [4.69, 9.17) is 0 Å². The van der Waals surface area contributed by atoms with Gasteiger partial charge in [0.1, 0.15) is 0 Å². The highest BCUT2D eigenvalue weighted by atomic mass is 16.2. The second-order valence-corrected chi connectivity index (χ2v) is 6.77. The van der Waals surface area contributed by atoms with Crippen molar-refractivity contribution in [1.82, 2.24) is 20.0 Å². The van der Waals surface area contributed by atoms with Crippen molar-refractivity contribution >= 4 is 11.8 Å². The first-order valence-corrected chi connectivity index (χ1v) is 8.56. The first-order chi connectivity index (χ1) is 12.0. The summed E-state index contributed by atoms with van der Waals surface area (Å²) in [7, 11) is 5.34. The Morgan fingerprint density at radius 1 is 1.36 bits per heavy atom. The van der Waals surface area contributed by atoms with E-state index in [0.717, 1.165) is 36.1 Å². The summed E-state index contributed by atoms with van der Waals surface area (Å²) in [6.45, 7) is 0.416. The summed E-state index contributed by atoms with van der Waals surface area (Å²) >= 11 is 0. The standard InChI is InChI=1S/C19H24N4O2/c1-22(2)19(25)14-7-4-6-13(10-14)11-20-18(24)15-8-5-9-17-16(15)12-23(3)21-17/h4,6-7,10,12,15H,5,8-9,11H2,1-3H3,(H,20,24). The Labute approximate surface area is 147 Å². The third-order valence-corrected chi connectivity index (χ3v) is 4.58. The van der Waals surface area contributed by atoms with Crippen LogP contribution in [0.5, 0.6) is 0 Å². The highest BCUT2D eigenvalue weighted by Gasteiger charge is 2.28.